The highest BCUT2D eigenvalue weighted by Crippen LogP contribution is 2.19. The maximum atomic E-state index is 6.19. The lowest BCUT2D eigenvalue weighted by molar-refractivity contribution is 0.00847. The predicted octanol–water partition coefficient (Wildman–Crippen LogP) is 0.519. The zero-order valence-corrected chi connectivity index (χ0v) is 11.3. The largest absolute Gasteiger partial charge is 0.380 e. The quantitative estimate of drug-likeness (QED) is 0.779. The number of hydrogen-bond donors (Lipinski definition) is 1. The molecule has 0 amide bonds. The first-order chi connectivity index (χ1) is 8.22. The minimum Gasteiger partial charge on any atom is -0.380 e. The Kier molecular flexibility index (Phi) is 4.79. The molecule has 2 saturated heterocycles. The summed E-state index contributed by atoms with van der Waals surface area (Å²) < 4.78 is 5.56. The average molecular weight is 241 g/mol. The molecule has 0 spiro atoms. The van der Waals surface area contributed by atoms with Crippen molar-refractivity contribution in [3.05, 3.63) is 0 Å². The van der Waals surface area contributed by atoms with Crippen LogP contribution >= 0.6 is 0 Å². The zero-order valence-electron chi connectivity index (χ0n) is 11.3. The minimum atomic E-state index is 0.283. The van der Waals surface area contributed by atoms with Crippen molar-refractivity contribution in [3.8, 4) is 0 Å². The molecule has 0 bridgehead atoms. The van der Waals surface area contributed by atoms with Crippen molar-refractivity contribution in [2.45, 2.75) is 44.3 Å². The Balaban J connectivity index is 1.84. The van der Waals surface area contributed by atoms with Gasteiger partial charge in [0.2, 0.25) is 0 Å². The lowest BCUT2D eigenvalue weighted by atomic mass is 10.0. The van der Waals surface area contributed by atoms with Crippen LogP contribution in [0, 0.1) is 0 Å². The van der Waals surface area contributed by atoms with Crippen LogP contribution in [-0.4, -0.2) is 67.8 Å². The number of hydrogen-bond acceptors (Lipinski definition) is 4. The Morgan fingerprint density at radius 1 is 1.41 bits per heavy atom. The Morgan fingerprint density at radius 3 is 2.94 bits per heavy atom. The normalized spacial score (nSPS) is 35.6. The zero-order chi connectivity index (χ0) is 12.3. The number of likely N-dealkylation sites (tertiary alicyclic amines) is 1. The molecule has 2 rings (SSSR count). The van der Waals surface area contributed by atoms with Crippen LogP contribution in [0.1, 0.15) is 26.2 Å². The second kappa shape index (κ2) is 6.14. The van der Waals surface area contributed by atoms with Crippen molar-refractivity contribution in [1.82, 2.24) is 9.80 Å². The summed E-state index contributed by atoms with van der Waals surface area (Å²) in [4.78, 5) is 5.01. The van der Waals surface area contributed by atoms with E-state index in [0.29, 0.717) is 6.04 Å². The highest BCUT2D eigenvalue weighted by atomic mass is 16.5. The molecule has 0 aromatic carbocycles. The SMILES string of the molecule is CCN1CCCC1CN(C)C1COCCC1N. The number of likely N-dealkylation sites (N-methyl/N-ethyl adjacent to an activating group) is 2. The Morgan fingerprint density at radius 2 is 2.24 bits per heavy atom. The first-order valence-electron chi connectivity index (χ1n) is 7.00. The molecule has 2 fully saturated rings. The maximum absolute atomic E-state index is 6.19. The van der Waals surface area contributed by atoms with E-state index in [-0.39, 0.29) is 6.04 Å². The van der Waals surface area contributed by atoms with Crippen LogP contribution in [0.5, 0.6) is 0 Å². The fourth-order valence-corrected chi connectivity index (χ4v) is 3.18. The van der Waals surface area contributed by atoms with Crippen molar-refractivity contribution in [2.75, 3.05) is 39.9 Å². The van der Waals surface area contributed by atoms with Crippen LogP contribution in [0.3, 0.4) is 0 Å². The van der Waals surface area contributed by atoms with E-state index in [1.165, 1.54) is 25.9 Å². The summed E-state index contributed by atoms with van der Waals surface area (Å²) in [5.74, 6) is 0. The standard InChI is InChI=1S/C13H27N3O/c1-3-16-7-4-5-11(16)9-15(2)13-10-17-8-6-12(13)14/h11-13H,3-10,14H2,1-2H3. The van der Waals surface area contributed by atoms with E-state index in [1.807, 2.05) is 0 Å². The van der Waals surface area contributed by atoms with Crippen molar-refractivity contribution >= 4 is 0 Å². The molecule has 2 N–H and O–H groups in total. The van der Waals surface area contributed by atoms with Crippen LogP contribution in [0.4, 0.5) is 0 Å². The van der Waals surface area contributed by atoms with Gasteiger partial charge < -0.3 is 10.5 Å². The molecule has 0 radical (unpaired) electrons. The van der Waals surface area contributed by atoms with Gasteiger partial charge in [-0.3, -0.25) is 9.80 Å². The van der Waals surface area contributed by atoms with Crippen molar-refractivity contribution in [2.24, 2.45) is 5.73 Å². The van der Waals surface area contributed by atoms with E-state index in [0.717, 1.165) is 32.2 Å². The molecule has 2 aliphatic rings. The molecule has 0 aliphatic carbocycles. The summed E-state index contributed by atoms with van der Waals surface area (Å²) in [6.07, 6.45) is 3.68. The molecular formula is C13H27N3O. The predicted molar refractivity (Wildman–Crippen MR) is 70.1 cm³/mol. The van der Waals surface area contributed by atoms with Gasteiger partial charge in [-0.05, 0) is 39.4 Å². The van der Waals surface area contributed by atoms with E-state index in [4.69, 9.17) is 10.5 Å². The molecule has 2 heterocycles. The fourth-order valence-electron chi connectivity index (χ4n) is 3.18. The molecule has 17 heavy (non-hydrogen) atoms. The van der Waals surface area contributed by atoms with Gasteiger partial charge in [-0.1, -0.05) is 6.92 Å². The van der Waals surface area contributed by atoms with E-state index in [9.17, 15) is 0 Å². The summed E-state index contributed by atoms with van der Waals surface area (Å²) in [6, 6.07) is 1.41. The highest BCUT2D eigenvalue weighted by Gasteiger charge is 2.30. The van der Waals surface area contributed by atoms with Crippen LogP contribution in [0.15, 0.2) is 0 Å². The topological polar surface area (TPSA) is 41.7 Å². The third kappa shape index (κ3) is 3.19. The summed E-state index contributed by atoms with van der Waals surface area (Å²) in [6.45, 7) is 7.46. The number of ether oxygens (including phenoxy) is 1. The Bertz CT molecular complexity index is 237. The molecule has 100 valence electrons. The van der Waals surface area contributed by atoms with E-state index < -0.39 is 0 Å². The highest BCUT2D eigenvalue weighted by molar-refractivity contribution is 4.87. The first-order valence-corrected chi connectivity index (χ1v) is 7.00. The first kappa shape index (κ1) is 13.3. The van der Waals surface area contributed by atoms with E-state index in [1.54, 1.807) is 0 Å². The number of nitrogens with two attached hydrogens (primary N) is 1. The Hall–Kier alpha value is -0.160. The lowest BCUT2D eigenvalue weighted by Crippen LogP contribution is -2.54. The van der Waals surface area contributed by atoms with Crippen LogP contribution in [0.25, 0.3) is 0 Å². The third-order valence-corrected chi connectivity index (χ3v) is 4.35. The van der Waals surface area contributed by atoms with Crippen LogP contribution in [0.2, 0.25) is 0 Å². The van der Waals surface area contributed by atoms with Crippen LogP contribution in [-0.2, 0) is 4.74 Å². The molecule has 4 nitrogen and oxygen atoms in total. The molecule has 0 saturated carbocycles. The van der Waals surface area contributed by atoms with Gasteiger partial charge in [-0.15, -0.1) is 0 Å². The molecule has 0 aromatic heterocycles. The van der Waals surface area contributed by atoms with Gasteiger partial charge in [0.1, 0.15) is 0 Å². The minimum absolute atomic E-state index is 0.283. The molecule has 0 aromatic rings. The van der Waals surface area contributed by atoms with Crippen molar-refractivity contribution in [1.29, 1.82) is 0 Å². The number of rotatable bonds is 4. The number of nitrogens with zero attached hydrogens (tertiary/aromatic N) is 2. The molecule has 2 aliphatic heterocycles. The van der Waals surface area contributed by atoms with Gasteiger partial charge in [0, 0.05) is 31.3 Å². The summed E-state index contributed by atoms with van der Waals surface area (Å²) >= 11 is 0. The fraction of sp³-hybridized carbons (Fsp3) is 1.00. The summed E-state index contributed by atoms with van der Waals surface area (Å²) in [5.41, 5.74) is 6.19. The monoisotopic (exact) mass is 241 g/mol. The molecule has 3 atom stereocenters. The lowest BCUT2D eigenvalue weighted by Gasteiger charge is -2.38. The molecule has 3 unspecified atom stereocenters. The second-order valence-electron chi connectivity index (χ2n) is 5.46. The van der Waals surface area contributed by atoms with Gasteiger partial charge in [0.25, 0.3) is 0 Å². The van der Waals surface area contributed by atoms with Gasteiger partial charge in [-0.25, -0.2) is 0 Å². The van der Waals surface area contributed by atoms with Crippen molar-refractivity contribution in [3.63, 3.8) is 0 Å². The molecular weight excluding hydrogens is 214 g/mol. The van der Waals surface area contributed by atoms with E-state index in [2.05, 4.69) is 23.8 Å². The average Bonchev–Trinajstić information content (AvgIpc) is 2.76. The molecule has 4 heteroatoms. The van der Waals surface area contributed by atoms with Gasteiger partial charge in [-0.2, -0.15) is 0 Å². The maximum Gasteiger partial charge on any atom is 0.0636 e. The Labute approximate surface area is 105 Å². The van der Waals surface area contributed by atoms with Crippen molar-refractivity contribution < 1.29 is 4.74 Å². The summed E-state index contributed by atoms with van der Waals surface area (Å²) in [5, 5.41) is 0. The third-order valence-electron chi connectivity index (χ3n) is 4.35. The van der Waals surface area contributed by atoms with E-state index >= 15 is 0 Å². The van der Waals surface area contributed by atoms with Gasteiger partial charge >= 0.3 is 0 Å². The second-order valence-corrected chi connectivity index (χ2v) is 5.46. The van der Waals surface area contributed by atoms with Gasteiger partial charge in [0.05, 0.1) is 6.61 Å². The summed E-state index contributed by atoms with van der Waals surface area (Å²) in [7, 11) is 2.20. The van der Waals surface area contributed by atoms with Crippen LogP contribution < -0.4 is 5.73 Å². The smallest absolute Gasteiger partial charge is 0.0636 e. The van der Waals surface area contributed by atoms with Gasteiger partial charge in [0.15, 0.2) is 0 Å².